The predicted molar refractivity (Wildman–Crippen MR) is 146 cm³/mol. The van der Waals surface area contributed by atoms with Gasteiger partial charge in [-0.25, -0.2) is 0 Å². The van der Waals surface area contributed by atoms with E-state index in [1.54, 1.807) is 0 Å². The highest BCUT2D eigenvalue weighted by Gasteiger charge is 2.46. The number of rotatable bonds is 4. The normalized spacial score (nSPS) is 13.9. The lowest BCUT2D eigenvalue weighted by molar-refractivity contribution is 0.745. The van der Waals surface area contributed by atoms with Gasteiger partial charge in [0.25, 0.3) is 0 Å². The van der Waals surface area contributed by atoms with Crippen LogP contribution >= 0.6 is 25.3 Å². The number of thiol groups is 2. The van der Waals surface area contributed by atoms with E-state index in [9.17, 15) is 0 Å². The van der Waals surface area contributed by atoms with Gasteiger partial charge in [0.2, 0.25) is 0 Å². The second-order valence-corrected chi connectivity index (χ2v) is 10.7. The van der Waals surface area contributed by atoms with Crippen LogP contribution in [0.1, 0.15) is 72.9 Å². The molecule has 0 aromatic heterocycles. The molecule has 0 saturated heterocycles. The summed E-state index contributed by atoms with van der Waals surface area (Å²) >= 11 is 9.60. The molecule has 2 heteroatoms. The predicted octanol–water partition coefficient (Wildman–Crippen LogP) is 8.87. The second kappa shape index (κ2) is 8.42. The van der Waals surface area contributed by atoms with Crippen molar-refractivity contribution in [2.24, 2.45) is 0 Å². The van der Waals surface area contributed by atoms with E-state index < -0.39 is 0 Å². The first-order valence-corrected chi connectivity index (χ1v) is 12.6. The Kier molecular flexibility index (Phi) is 5.71. The molecule has 0 amide bonds. The highest BCUT2D eigenvalue weighted by atomic mass is 32.1. The molecule has 1 aliphatic rings. The zero-order chi connectivity index (χ0) is 23.3. The minimum atomic E-state index is -0.385. The molecule has 4 aromatic carbocycles. The maximum atomic E-state index is 4.80. The average molecular weight is 467 g/mol. The molecule has 0 radical (unpaired) electrons. The van der Waals surface area contributed by atoms with Gasteiger partial charge in [-0.05, 0) is 68.5 Å². The average Bonchev–Trinajstić information content (AvgIpc) is 3.11. The monoisotopic (exact) mass is 466 g/mol. The van der Waals surface area contributed by atoms with E-state index in [1.165, 1.54) is 44.5 Å². The largest absolute Gasteiger partial charge is 0.143 e. The molecule has 33 heavy (non-hydrogen) atoms. The van der Waals surface area contributed by atoms with Crippen LogP contribution in [-0.4, -0.2) is 0 Å². The third kappa shape index (κ3) is 3.38. The number of hydrogen-bond acceptors (Lipinski definition) is 2. The van der Waals surface area contributed by atoms with Crippen molar-refractivity contribution in [1.82, 2.24) is 0 Å². The summed E-state index contributed by atoms with van der Waals surface area (Å²) in [7, 11) is 0. The highest BCUT2D eigenvalue weighted by Crippen LogP contribution is 2.56. The van der Waals surface area contributed by atoms with Crippen LogP contribution in [0.2, 0.25) is 0 Å². The Bertz CT molecular complexity index is 1240. The Balaban J connectivity index is 1.94. The maximum absolute atomic E-state index is 4.80. The van der Waals surface area contributed by atoms with Crippen molar-refractivity contribution in [2.75, 3.05) is 0 Å². The van der Waals surface area contributed by atoms with Gasteiger partial charge in [-0.3, -0.25) is 0 Å². The SMILES string of the molecule is CC(C)c1cc(C2(c3ccc(S)c(C(C)C)c3)c3ccccc3-c3ccccc32)ccc1S. The molecular formula is C31H30S2. The lowest BCUT2D eigenvalue weighted by atomic mass is 9.67. The van der Waals surface area contributed by atoms with Crippen molar-refractivity contribution in [1.29, 1.82) is 0 Å². The van der Waals surface area contributed by atoms with Gasteiger partial charge >= 0.3 is 0 Å². The van der Waals surface area contributed by atoms with Crippen LogP contribution < -0.4 is 0 Å². The van der Waals surface area contributed by atoms with Gasteiger partial charge in [-0.2, -0.15) is 0 Å². The molecule has 0 aliphatic heterocycles. The summed E-state index contributed by atoms with van der Waals surface area (Å²) in [6.07, 6.45) is 0. The summed E-state index contributed by atoms with van der Waals surface area (Å²) in [4.78, 5) is 2.11. The fourth-order valence-corrected chi connectivity index (χ4v) is 6.32. The van der Waals surface area contributed by atoms with Crippen LogP contribution in [0.5, 0.6) is 0 Å². The van der Waals surface area contributed by atoms with Crippen molar-refractivity contribution >= 4 is 25.3 Å². The van der Waals surface area contributed by atoms with E-state index in [0.29, 0.717) is 11.8 Å². The number of hydrogen-bond donors (Lipinski definition) is 2. The van der Waals surface area contributed by atoms with Crippen LogP contribution in [0.3, 0.4) is 0 Å². The van der Waals surface area contributed by atoms with Crippen molar-refractivity contribution in [3.63, 3.8) is 0 Å². The van der Waals surface area contributed by atoms with Crippen LogP contribution in [0.25, 0.3) is 11.1 Å². The van der Waals surface area contributed by atoms with Crippen molar-refractivity contribution in [3.05, 3.63) is 118 Å². The summed E-state index contributed by atoms with van der Waals surface area (Å²) in [5.74, 6) is 0.792. The van der Waals surface area contributed by atoms with Gasteiger partial charge < -0.3 is 0 Å². The van der Waals surface area contributed by atoms with Gasteiger partial charge in [-0.15, -0.1) is 25.3 Å². The molecule has 0 nitrogen and oxygen atoms in total. The Hall–Kier alpha value is -2.42. The van der Waals surface area contributed by atoms with Crippen molar-refractivity contribution in [2.45, 2.75) is 54.7 Å². The maximum Gasteiger partial charge on any atom is 0.0713 e. The summed E-state index contributed by atoms with van der Waals surface area (Å²) in [6.45, 7) is 8.98. The van der Waals surface area contributed by atoms with E-state index in [0.717, 1.165) is 9.79 Å². The molecule has 0 N–H and O–H groups in total. The van der Waals surface area contributed by atoms with E-state index in [1.807, 2.05) is 0 Å². The molecule has 0 saturated carbocycles. The van der Waals surface area contributed by atoms with Gasteiger partial charge in [0.05, 0.1) is 5.41 Å². The molecule has 0 heterocycles. The van der Waals surface area contributed by atoms with Crippen LogP contribution in [0, 0.1) is 0 Å². The summed E-state index contributed by atoms with van der Waals surface area (Å²) < 4.78 is 0. The second-order valence-electron chi connectivity index (χ2n) is 9.70. The lowest BCUT2D eigenvalue weighted by Crippen LogP contribution is -2.29. The summed E-state index contributed by atoms with van der Waals surface area (Å²) in [5.41, 5.74) is 10.1. The fraction of sp³-hybridized carbons (Fsp3) is 0.226. The zero-order valence-electron chi connectivity index (χ0n) is 19.6. The Morgan fingerprint density at radius 1 is 0.545 bits per heavy atom. The minimum absolute atomic E-state index is 0.385. The van der Waals surface area contributed by atoms with E-state index in [2.05, 4.69) is 113 Å². The summed E-state index contributed by atoms with van der Waals surface area (Å²) in [6, 6.07) is 31.5. The molecule has 166 valence electrons. The third-order valence-electron chi connectivity index (χ3n) is 7.12. The number of benzene rings is 4. The zero-order valence-corrected chi connectivity index (χ0v) is 21.4. The van der Waals surface area contributed by atoms with Crippen LogP contribution in [0.4, 0.5) is 0 Å². The Morgan fingerprint density at radius 2 is 0.939 bits per heavy atom. The molecule has 0 spiro atoms. The molecule has 4 aromatic rings. The van der Waals surface area contributed by atoms with Crippen molar-refractivity contribution < 1.29 is 0 Å². The molecule has 0 fully saturated rings. The van der Waals surface area contributed by atoms with Gasteiger partial charge in [0, 0.05) is 9.79 Å². The quantitative estimate of drug-likeness (QED) is 0.243. The van der Waals surface area contributed by atoms with Gasteiger partial charge in [0.1, 0.15) is 0 Å². The molecule has 0 atom stereocenters. The van der Waals surface area contributed by atoms with E-state index >= 15 is 0 Å². The smallest absolute Gasteiger partial charge is 0.0713 e. The first-order valence-electron chi connectivity index (χ1n) is 11.7. The van der Waals surface area contributed by atoms with Crippen LogP contribution in [-0.2, 0) is 5.41 Å². The Morgan fingerprint density at radius 3 is 1.33 bits per heavy atom. The summed E-state index contributed by atoms with van der Waals surface area (Å²) in [5, 5.41) is 0. The molecule has 0 bridgehead atoms. The first kappa shape index (κ1) is 22.4. The van der Waals surface area contributed by atoms with Crippen LogP contribution in [0.15, 0.2) is 94.7 Å². The number of fused-ring (bicyclic) bond motifs is 3. The van der Waals surface area contributed by atoms with Gasteiger partial charge in [0.15, 0.2) is 0 Å². The standard InChI is InChI=1S/C31H30S2/c1-19(2)25-17-21(13-15-29(25)32)31(22-14-16-30(33)26(18-22)20(3)4)27-11-7-5-9-23(27)24-10-6-8-12-28(24)31/h5-20,32-33H,1-4H3. The lowest BCUT2D eigenvalue weighted by Gasteiger charge is -2.35. The topological polar surface area (TPSA) is 0 Å². The highest BCUT2D eigenvalue weighted by molar-refractivity contribution is 7.80. The third-order valence-corrected chi connectivity index (χ3v) is 7.93. The van der Waals surface area contributed by atoms with E-state index in [4.69, 9.17) is 25.3 Å². The molecule has 0 unspecified atom stereocenters. The van der Waals surface area contributed by atoms with Crippen molar-refractivity contribution in [3.8, 4) is 11.1 Å². The first-order chi connectivity index (χ1) is 15.9. The van der Waals surface area contributed by atoms with E-state index in [-0.39, 0.29) is 5.41 Å². The molecule has 1 aliphatic carbocycles. The Labute approximate surface area is 208 Å². The minimum Gasteiger partial charge on any atom is -0.143 e. The molecule has 5 rings (SSSR count). The fourth-order valence-electron chi connectivity index (χ4n) is 5.52. The van der Waals surface area contributed by atoms with Gasteiger partial charge in [-0.1, -0.05) is 100 Å². The molecular weight excluding hydrogens is 436 g/mol.